The van der Waals surface area contributed by atoms with Gasteiger partial charge in [-0.05, 0) is 30.0 Å². The van der Waals surface area contributed by atoms with Gasteiger partial charge in [0.05, 0.1) is 11.4 Å². The molecule has 2 aromatic heterocycles. The van der Waals surface area contributed by atoms with Gasteiger partial charge in [-0.1, -0.05) is 29.2 Å². The molecule has 0 atom stereocenters. The maximum atomic E-state index is 13.5. The Labute approximate surface area is 160 Å². The average molecular weight is 413 g/mol. The number of nitrogens with one attached hydrogen (secondary N) is 2. The smallest absolute Gasteiger partial charge is 0.234 e. The molecule has 0 radical (unpaired) electrons. The van der Waals surface area contributed by atoms with Crippen LogP contribution in [0.4, 0.5) is 19.6 Å². The zero-order valence-electron chi connectivity index (χ0n) is 13.4. The number of thiophene rings is 1. The minimum atomic E-state index is -0.809. The van der Waals surface area contributed by atoms with E-state index in [-0.39, 0.29) is 11.4 Å². The second kappa shape index (κ2) is 9.06. The van der Waals surface area contributed by atoms with Gasteiger partial charge in [0.2, 0.25) is 11.0 Å². The number of hydrogen-bond acceptors (Lipinski definition) is 7. The van der Waals surface area contributed by atoms with Crippen molar-refractivity contribution in [1.82, 2.24) is 10.2 Å². The number of anilines is 2. The highest BCUT2D eigenvalue weighted by molar-refractivity contribution is 8.01. The summed E-state index contributed by atoms with van der Waals surface area (Å²) in [4.78, 5) is 13.2. The molecule has 2 N–H and O–H groups in total. The molecule has 136 valence electrons. The van der Waals surface area contributed by atoms with Gasteiger partial charge in [-0.15, -0.1) is 21.5 Å². The molecule has 1 amide bonds. The van der Waals surface area contributed by atoms with Gasteiger partial charge in [0.25, 0.3) is 0 Å². The lowest BCUT2D eigenvalue weighted by Gasteiger charge is -2.05. The van der Waals surface area contributed by atoms with Crippen molar-refractivity contribution in [2.24, 2.45) is 0 Å². The number of amides is 1. The molecule has 0 saturated heterocycles. The number of halogens is 2. The Bertz CT molecular complexity index is 870. The molecule has 5 nitrogen and oxygen atoms in total. The molecule has 1 aromatic carbocycles. The maximum absolute atomic E-state index is 13.5. The lowest BCUT2D eigenvalue weighted by atomic mass is 10.3. The van der Waals surface area contributed by atoms with Gasteiger partial charge in [0.15, 0.2) is 4.34 Å². The van der Waals surface area contributed by atoms with Crippen molar-refractivity contribution in [3.8, 4) is 0 Å². The minimum absolute atomic E-state index is 0.0507. The van der Waals surface area contributed by atoms with Crippen molar-refractivity contribution in [1.29, 1.82) is 0 Å². The van der Waals surface area contributed by atoms with Crippen LogP contribution in [0.25, 0.3) is 0 Å². The van der Waals surface area contributed by atoms with Crippen LogP contribution in [0.2, 0.25) is 0 Å². The first-order chi connectivity index (χ1) is 12.6. The van der Waals surface area contributed by atoms with E-state index in [2.05, 4.69) is 26.9 Å². The molecule has 3 rings (SSSR count). The Morgan fingerprint density at radius 2 is 2.12 bits per heavy atom. The third-order valence-electron chi connectivity index (χ3n) is 3.17. The van der Waals surface area contributed by atoms with E-state index in [1.54, 1.807) is 11.3 Å². The Morgan fingerprint density at radius 3 is 2.88 bits per heavy atom. The number of nitrogens with zero attached hydrogens (tertiary/aromatic N) is 2. The summed E-state index contributed by atoms with van der Waals surface area (Å²) in [6.07, 6.45) is 0.908. The standard InChI is InChI=1S/C16H14F2N4OS3/c17-10-3-4-13(12(18)8-10)20-14(23)9-25-16-22-21-15(26-16)19-6-5-11-2-1-7-24-11/h1-4,7-8H,5-6,9H2,(H,19,21)(H,20,23). The molecule has 10 heteroatoms. The van der Waals surface area contributed by atoms with Crippen LogP contribution in [-0.4, -0.2) is 28.4 Å². The number of hydrogen-bond donors (Lipinski definition) is 2. The van der Waals surface area contributed by atoms with Crippen LogP contribution in [-0.2, 0) is 11.2 Å². The summed E-state index contributed by atoms with van der Waals surface area (Å²) in [5, 5.41) is 16.4. The molecule has 26 heavy (non-hydrogen) atoms. The van der Waals surface area contributed by atoms with E-state index in [0.717, 1.165) is 25.1 Å². The summed E-state index contributed by atoms with van der Waals surface area (Å²) in [5.74, 6) is -1.84. The number of thioether (sulfide) groups is 1. The number of carbonyl (C=O) groups is 1. The van der Waals surface area contributed by atoms with E-state index in [1.165, 1.54) is 34.0 Å². The maximum Gasteiger partial charge on any atom is 0.234 e. The monoisotopic (exact) mass is 412 g/mol. The average Bonchev–Trinajstić information content (AvgIpc) is 3.28. The highest BCUT2D eigenvalue weighted by atomic mass is 32.2. The third kappa shape index (κ3) is 5.48. The fourth-order valence-corrected chi connectivity index (χ4v) is 4.28. The van der Waals surface area contributed by atoms with E-state index >= 15 is 0 Å². The normalized spacial score (nSPS) is 10.7. The molecule has 0 bridgehead atoms. The van der Waals surface area contributed by atoms with Crippen LogP contribution in [0.3, 0.4) is 0 Å². The highest BCUT2D eigenvalue weighted by Crippen LogP contribution is 2.26. The molecule has 0 aliphatic rings. The van der Waals surface area contributed by atoms with Crippen molar-refractivity contribution < 1.29 is 13.6 Å². The minimum Gasteiger partial charge on any atom is -0.360 e. The molecule has 0 aliphatic carbocycles. The first-order valence-corrected chi connectivity index (χ1v) is 10.3. The second-order valence-corrected chi connectivity index (χ2v) is 8.32. The summed E-state index contributed by atoms with van der Waals surface area (Å²) in [7, 11) is 0. The molecule has 2 heterocycles. The van der Waals surface area contributed by atoms with Gasteiger partial charge in [-0.25, -0.2) is 8.78 Å². The highest BCUT2D eigenvalue weighted by Gasteiger charge is 2.11. The summed E-state index contributed by atoms with van der Waals surface area (Å²) in [5.41, 5.74) is -0.0507. The number of benzene rings is 1. The Balaban J connectivity index is 1.43. The zero-order chi connectivity index (χ0) is 18.4. The van der Waals surface area contributed by atoms with Crippen molar-refractivity contribution in [2.75, 3.05) is 22.9 Å². The van der Waals surface area contributed by atoms with Crippen LogP contribution in [0, 0.1) is 11.6 Å². The van der Waals surface area contributed by atoms with Crippen LogP contribution < -0.4 is 10.6 Å². The Morgan fingerprint density at radius 1 is 1.23 bits per heavy atom. The number of aromatic nitrogens is 2. The van der Waals surface area contributed by atoms with Gasteiger partial charge in [-0.3, -0.25) is 4.79 Å². The molecular weight excluding hydrogens is 398 g/mol. The van der Waals surface area contributed by atoms with Crippen LogP contribution in [0.1, 0.15) is 4.88 Å². The summed E-state index contributed by atoms with van der Waals surface area (Å²) in [6.45, 7) is 0.754. The van der Waals surface area contributed by atoms with E-state index in [4.69, 9.17) is 0 Å². The van der Waals surface area contributed by atoms with Gasteiger partial charge in [-0.2, -0.15) is 0 Å². The lowest BCUT2D eigenvalue weighted by Crippen LogP contribution is -2.15. The first-order valence-electron chi connectivity index (χ1n) is 7.57. The molecule has 0 saturated carbocycles. The summed E-state index contributed by atoms with van der Waals surface area (Å²) in [6, 6.07) is 7.10. The fraction of sp³-hybridized carbons (Fsp3) is 0.188. The Hall–Kier alpha value is -2.04. The van der Waals surface area contributed by atoms with Gasteiger partial charge in [0, 0.05) is 17.5 Å². The second-order valence-electron chi connectivity index (χ2n) is 5.09. The van der Waals surface area contributed by atoms with Crippen LogP contribution in [0.15, 0.2) is 40.1 Å². The first kappa shape index (κ1) is 18.7. The van der Waals surface area contributed by atoms with E-state index in [0.29, 0.717) is 9.47 Å². The summed E-state index contributed by atoms with van der Waals surface area (Å²) < 4.78 is 27.0. The quantitative estimate of drug-likeness (QED) is 0.541. The van der Waals surface area contributed by atoms with Crippen molar-refractivity contribution in [3.63, 3.8) is 0 Å². The SMILES string of the molecule is O=C(CSc1nnc(NCCc2cccs2)s1)Nc1ccc(F)cc1F. The van der Waals surface area contributed by atoms with Crippen LogP contribution >= 0.6 is 34.4 Å². The fourth-order valence-electron chi connectivity index (χ4n) is 1.99. The predicted molar refractivity (Wildman–Crippen MR) is 102 cm³/mol. The van der Waals surface area contributed by atoms with Crippen molar-refractivity contribution >= 4 is 51.2 Å². The van der Waals surface area contributed by atoms with Gasteiger partial charge >= 0.3 is 0 Å². The van der Waals surface area contributed by atoms with Crippen molar-refractivity contribution in [3.05, 3.63) is 52.2 Å². The molecule has 0 spiro atoms. The summed E-state index contributed by atoms with van der Waals surface area (Å²) >= 11 is 4.27. The molecule has 0 fully saturated rings. The van der Waals surface area contributed by atoms with Gasteiger partial charge in [0.1, 0.15) is 11.6 Å². The van der Waals surface area contributed by atoms with E-state index in [1.807, 2.05) is 11.4 Å². The molecule has 0 unspecified atom stereocenters. The van der Waals surface area contributed by atoms with Crippen LogP contribution in [0.5, 0.6) is 0 Å². The van der Waals surface area contributed by atoms with Crippen molar-refractivity contribution in [2.45, 2.75) is 10.8 Å². The topological polar surface area (TPSA) is 66.9 Å². The molecule has 3 aromatic rings. The predicted octanol–water partition coefficient (Wildman–Crippen LogP) is 4.26. The number of carbonyl (C=O) groups excluding carboxylic acids is 1. The Kier molecular flexibility index (Phi) is 6.53. The van der Waals surface area contributed by atoms with Gasteiger partial charge < -0.3 is 10.6 Å². The van der Waals surface area contributed by atoms with E-state index < -0.39 is 17.5 Å². The third-order valence-corrected chi connectivity index (χ3v) is 6.12. The van der Waals surface area contributed by atoms with E-state index in [9.17, 15) is 13.6 Å². The largest absolute Gasteiger partial charge is 0.360 e. The molecular formula is C16H14F2N4OS3. The number of rotatable bonds is 8. The lowest BCUT2D eigenvalue weighted by molar-refractivity contribution is -0.113. The zero-order valence-corrected chi connectivity index (χ0v) is 15.8. The molecule has 0 aliphatic heterocycles.